The molecule has 2 aromatic carbocycles. The fourth-order valence-corrected chi connectivity index (χ4v) is 2.61. The van der Waals surface area contributed by atoms with Crippen molar-refractivity contribution in [3.8, 4) is 0 Å². The molecule has 0 spiro atoms. The van der Waals surface area contributed by atoms with Crippen molar-refractivity contribution in [2.24, 2.45) is 0 Å². The average molecular weight is 410 g/mol. The molecule has 0 unspecified atom stereocenters. The third-order valence-electron chi connectivity index (χ3n) is 4.12. The Bertz CT molecular complexity index is 817. The van der Waals surface area contributed by atoms with Gasteiger partial charge in [0.1, 0.15) is 0 Å². The van der Waals surface area contributed by atoms with E-state index in [1.807, 2.05) is 13.8 Å². The summed E-state index contributed by atoms with van der Waals surface area (Å²) in [7, 11) is 0. The van der Waals surface area contributed by atoms with Gasteiger partial charge >= 0.3 is 0 Å². The zero-order valence-corrected chi connectivity index (χ0v) is 17.1. The molecule has 8 nitrogen and oxygen atoms in total. The molecule has 0 bridgehead atoms. The van der Waals surface area contributed by atoms with E-state index in [9.17, 15) is 19.2 Å². The average Bonchev–Trinajstić information content (AvgIpc) is 2.73. The monoisotopic (exact) mass is 410 g/mol. The number of hydrogen-bond acceptors (Lipinski definition) is 4. The number of anilines is 2. The molecule has 8 heteroatoms. The molecule has 0 aliphatic carbocycles. The fourth-order valence-electron chi connectivity index (χ4n) is 2.61. The molecule has 2 aromatic rings. The number of nitrogens with one attached hydrogen (secondary N) is 4. The lowest BCUT2D eigenvalue weighted by Gasteiger charge is -2.08. The summed E-state index contributed by atoms with van der Waals surface area (Å²) in [6.07, 6.45) is 0.0296. The van der Waals surface area contributed by atoms with E-state index >= 15 is 0 Å². The quantitative estimate of drug-likeness (QED) is 0.508. The lowest BCUT2D eigenvalue weighted by molar-refractivity contribution is -0.121. The summed E-state index contributed by atoms with van der Waals surface area (Å²) in [6, 6.07) is 13.0. The number of rotatable bonds is 9. The van der Waals surface area contributed by atoms with E-state index in [0.29, 0.717) is 35.6 Å². The van der Waals surface area contributed by atoms with Gasteiger partial charge in [-0.15, -0.1) is 0 Å². The fraction of sp³-hybridized carbons (Fsp3) is 0.273. The first kappa shape index (κ1) is 22.6. The van der Waals surface area contributed by atoms with Gasteiger partial charge in [-0.05, 0) is 62.4 Å². The van der Waals surface area contributed by atoms with E-state index in [-0.39, 0.29) is 36.5 Å². The Balaban J connectivity index is 1.78. The Labute approximate surface area is 175 Å². The maximum Gasteiger partial charge on any atom is 0.251 e. The van der Waals surface area contributed by atoms with Crippen LogP contribution in [0.25, 0.3) is 0 Å². The van der Waals surface area contributed by atoms with Crippen LogP contribution in [0.3, 0.4) is 0 Å². The molecule has 0 saturated heterocycles. The first-order valence-corrected chi connectivity index (χ1v) is 9.79. The van der Waals surface area contributed by atoms with E-state index in [4.69, 9.17) is 0 Å². The molecular weight excluding hydrogens is 384 g/mol. The summed E-state index contributed by atoms with van der Waals surface area (Å²) in [4.78, 5) is 47.6. The third-order valence-corrected chi connectivity index (χ3v) is 4.12. The molecule has 4 N–H and O–H groups in total. The second-order valence-electron chi connectivity index (χ2n) is 6.47. The zero-order chi connectivity index (χ0) is 21.9. The molecule has 0 fully saturated rings. The van der Waals surface area contributed by atoms with E-state index in [1.54, 1.807) is 48.5 Å². The van der Waals surface area contributed by atoms with Gasteiger partial charge in [0.05, 0.1) is 0 Å². The highest BCUT2D eigenvalue weighted by molar-refractivity contribution is 5.98. The summed E-state index contributed by atoms with van der Waals surface area (Å²) in [5.74, 6) is -0.956. The molecule has 2 rings (SSSR count). The molecule has 0 heterocycles. The highest BCUT2D eigenvalue weighted by Gasteiger charge is 2.10. The number of carbonyl (C=O) groups is 4. The van der Waals surface area contributed by atoms with Gasteiger partial charge in [0, 0.05) is 48.4 Å². The minimum atomic E-state index is -0.303. The molecule has 0 aliphatic heterocycles. The predicted molar refractivity (Wildman–Crippen MR) is 115 cm³/mol. The number of hydrogen-bond donors (Lipinski definition) is 4. The normalized spacial score (nSPS) is 10.1. The van der Waals surface area contributed by atoms with Crippen LogP contribution in [0.15, 0.2) is 48.5 Å². The van der Waals surface area contributed by atoms with Gasteiger partial charge in [0.15, 0.2) is 0 Å². The van der Waals surface area contributed by atoms with Crippen molar-refractivity contribution in [1.29, 1.82) is 0 Å². The van der Waals surface area contributed by atoms with E-state index in [0.717, 1.165) is 0 Å². The maximum absolute atomic E-state index is 12.1. The summed E-state index contributed by atoms with van der Waals surface area (Å²) in [5.41, 5.74) is 2.11. The van der Waals surface area contributed by atoms with Gasteiger partial charge in [-0.1, -0.05) is 0 Å². The van der Waals surface area contributed by atoms with Crippen LogP contribution in [0.1, 0.15) is 47.4 Å². The summed E-state index contributed by atoms with van der Waals surface area (Å²) in [6.45, 7) is 4.75. The first-order valence-electron chi connectivity index (χ1n) is 9.79. The first-order chi connectivity index (χ1) is 14.4. The van der Waals surface area contributed by atoms with Gasteiger partial charge in [-0.25, -0.2) is 0 Å². The minimum Gasteiger partial charge on any atom is -0.352 e. The molecule has 158 valence electrons. The van der Waals surface area contributed by atoms with Crippen molar-refractivity contribution in [2.75, 3.05) is 23.7 Å². The van der Waals surface area contributed by atoms with Gasteiger partial charge in [-0.3, -0.25) is 19.2 Å². The molecule has 4 amide bonds. The van der Waals surface area contributed by atoms with Gasteiger partial charge in [0.2, 0.25) is 11.8 Å². The highest BCUT2D eigenvalue weighted by Crippen LogP contribution is 2.12. The van der Waals surface area contributed by atoms with Crippen LogP contribution in [0.4, 0.5) is 11.4 Å². The number of benzene rings is 2. The summed E-state index contributed by atoms with van der Waals surface area (Å²) in [5, 5.41) is 10.8. The Hall–Kier alpha value is -3.68. The van der Waals surface area contributed by atoms with Crippen LogP contribution in [-0.4, -0.2) is 36.7 Å². The topological polar surface area (TPSA) is 116 Å². The lowest BCUT2D eigenvalue weighted by Crippen LogP contribution is -2.22. The second-order valence-corrected chi connectivity index (χ2v) is 6.47. The van der Waals surface area contributed by atoms with Gasteiger partial charge in [0.25, 0.3) is 11.8 Å². The predicted octanol–water partition coefficient (Wildman–Crippen LogP) is 2.54. The largest absolute Gasteiger partial charge is 0.352 e. The van der Waals surface area contributed by atoms with Crippen molar-refractivity contribution in [1.82, 2.24) is 10.6 Å². The van der Waals surface area contributed by atoms with Gasteiger partial charge in [-0.2, -0.15) is 0 Å². The van der Waals surface area contributed by atoms with Crippen molar-refractivity contribution in [2.45, 2.75) is 26.7 Å². The van der Waals surface area contributed by atoms with Crippen molar-refractivity contribution in [3.63, 3.8) is 0 Å². The Morgan fingerprint density at radius 3 is 1.23 bits per heavy atom. The van der Waals surface area contributed by atoms with Crippen molar-refractivity contribution < 1.29 is 19.2 Å². The Kier molecular flexibility index (Phi) is 8.56. The van der Waals surface area contributed by atoms with Crippen LogP contribution < -0.4 is 21.3 Å². The second kappa shape index (κ2) is 11.4. The molecule has 0 saturated carbocycles. The van der Waals surface area contributed by atoms with Crippen LogP contribution in [0, 0.1) is 0 Å². The van der Waals surface area contributed by atoms with Crippen molar-refractivity contribution >= 4 is 35.0 Å². The molecule has 30 heavy (non-hydrogen) atoms. The lowest BCUT2D eigenvalue weighted by atomic mass is 10.2. The van der Waals surface area contributed by atoms with Gasteiger partial charge < -0.3 is 21.3 Å². The summed E-state index contributed by atoms with van der Waals surface area (Å²) >= 11 is 0. The van der Waals surface area contributed by atoms with E-state index in [2.05, 4.69) is 21.3 Å². The van der Waals surface area contributed by atoms with E-state index in [1.165, 1.54) is 0 Å². The number of amides is 4. The molecule has 0 radical (unpaired) electrons. The van der Waals surface area contributed by atoms with Crippen molar-refractivity contribution in [3.05, 3.63) is 59.7 Å². The Morgan fingerprint density at radius 1 is 0.600 bits per heavy atom. The van der Waals surface area contributed by atoms with Crippen LogP contribution in [0.2, 0.25) is 0 Å². The SMILES string of the molecule is CCNC(=O)c1ccc(NC(=O)CCC(=O)Nc2ccc(C(=O)NCC)cc2)cc1. The minimum absolute atomic E-state index is 0.0148. The smallest absolute Gasteiger partial charge is 0.251 e. The molecule has 0 aromatic heterocycles. The number of carbonyl (C=O) groups excluding carboxylic acids is 4. The third kappa shape index (κ3) is 7.05. The highest BCUT2D eigenvalue weighted by atomic mass is 16.2. The summed E-state index contributed by atoms with van der Waals surface area (Å²) < 4.78 is 0. The molecule has 0 aliphatic rings. The van der Waals surface area contributed by atoms with Crippen LogP contribution >= 0.6 is 0 Å². The molecule has 0 atom stereocenters. The molecular formula is C22H26N4O4. The van der Waals surface area contributed by atoms with Crippen LogP contribution in [0.5, 0.6) is 0 Å². The zero-order valence-electron chi connectivity index (χ0n) is 17.1. The Morgan fingerprint density at radius 2 is 0.933 bits per heavy atom. The van der Waals surface area contributed by atoms with Crippen LogP contribution in [-0.2, 0) is 9.59 Å². The maximum atomic E-state index is 12.1. The van der Waals surface area contributed by atoms with E-state index < -0.39 is 0 Å². The standard InChI is InChI=1S/C22H26N4O4/c1-3-23-21(29)15-5-9-17(10-6-15)25-19(27)13-14-20(28)26-18-11-7-16(8-12-18)22(30)24-4-2/h5-12H,3-4,13-14H2,1-2H3,(H,23,29)(H,24,30)(H,25,27)(H,26,28).